The zero-order valence-corrected chi connectivity index (χ0v) is 16.8. The summed E-state index contributed by atoms with van der Waals surface area (Å²) in [6, 6.07) is 19.2. The number of nitrogens with one attached hydrogen (secondary N) is 1. The van der Waals surface area contributed by atoms with Crippen molar-refractivity contribution in [3.63, 3.8) is 0 Å². The molecule has 5 heteroatoms. The van der Waals surface area contributed by atoms with E-state index in [4.69, 9.17) is 0 Å². The Bertz CT molecular complexity index is 1040. The van der Waals surface area contributed by atoms with Crippen LogP contribution in [0.25, 0.3) is 5.69 Å². The summed E-state index contributed by atoms with van der Waals surface area (Å²) in [5.74, 6) is 0.410. The van der Waals surface area contributed by atoms with Crippen molar-refractivity contribution in [1.29, 1.82) is 0 Å². The lowest BCUT2D eigenvalue weighted by molar-refractivity contribution is 0.0662. The van der Waals surface area contributed by atoms with Crippen LogP contribution >= 0.6 is 0 Å². The normalized spacial score (nSPS) is 16.7. The van der Waals surface area contributed by atoms with Gasteiger partial charge in [-0.2, -0.15) is 0 Å². The van der Waals surface area contributed by atoms with Crippen molar-refractivity contribution in [3.8, 4) is 5.69 Å². The van der Waals surface area contributed by atoms with E-state index in [-0.39, 0.29) is 11.5 Å². The van der Waals surface area contributed by atoms with Crippen LogP contribution in [-0.4, -0.2) is 33.7 Å². The Labute approximate surface area is 171 Å². The Balaban J connectivity index is 1.43. The highest BCUT2D eigenvalue weighted by Crippen LogP contribution is 2.23. The third-order valence-corrected chi connectivity index (χ3v) is 5.85. The van der Waals surface area contributed by atoms with E-state index in [0.29, 0.717) is 11.6 Å². The summed E-state index contributed by atoms with van der Waals surface area (Å²) in [5.41, 5.74) is 3.59. The van der Waals surface area contributed by atoms with Gasteiger partial charge in [-0.25, -0.2) is 4.68 Å². The van der Waals surface area contributed by atoms with Crippen LogP contribution in [-0.2, 0) is 6.42 Å². The molecule has 2 aromatic carbocycles. The number of aromatic amines is 1. The molecule has 0 spiro atoms. The lowest BCUT2D eigenvalue weighted by Crippen LogP contribution is -2.40. The van der Waals surface area contributed by atoms with Crippen LogP contribution in [0.5, 0.6) is 0 Å². The smallest absolute Gasteiger partial charge is 0.271 e. The molecule has 0 saturated carbocycles. The van der Waals surface area contributed by atoms with Gasteiger partial charge in [-0.1, -0.05) is 42.5 Å². The molecule has 29 heavy (non-hydrogen) atoms. The molecule has 2 heterocycles. The molecule has 1 aliphatic heterocycles. The summed E-state index contributed by atoms with van der Waals surface area (Å²) in [4.78, 5) is 27.3. The van der Waals surface area contributed by atoms with Crippen LogP contribution in [0.15, 0.2) is 65.5 Å². The third-order valence-electron chi connectivity index (χ3n) is 5.85. The molecule has 1 amide bonds. The first-order chi connectivity index (χ1) is 14.1. The number of amides is 1. The van der Waals surface area contributed by atoms with Gasteiger partial charge in [0.1, 0.15) is 5.69 Å². The lowest BCUT2D eigenvalue weighted by Gasteiger charge is -2.32. The van der Waals surface area contributed by atoms with Crippen molar-refractivity contribution in [2.24, 2.45) is 5.92 Å². The van der Waals surface area contributed by atoms with Gasteiger partial charge in [0.15, 0.2) is 0 Å². The molecule has 1 atom stereocenters. The number of nitrogens with zero attached hydrogens (tertiary/aromatic N) is 2. The monoisotopic (exact) mass is 389 g/mol. The number of aromatic nitrogens is 2. The largest absolute Gasteiger partial charge is 0.337 e. The maximum Gasteiger partial charge on any atom is 0.271 e. The van der Waals surface area contributed by atoms with E-state index < -0.39 is 0 Å². The SMILES string of the molecule is Cc1ccccc1CC[C@@H]1CCCN(C(=O)c2cc(=O)n(-c3ccccc3)[nH]2)C1. The van der Waals surface area contributed by atoms with Crippen LogP contribution in [0.3, 0.4) is 0 Å². The number of aryl methyl sites for hydroxylation is 2. The maximum absolute atomic E-state index is 13.0. The average Bonchev–Trinajstić information content (AvgIpc) is 3.15. The number of para-hydroxylation sites is 1. The molecular formula is C24H27N3O2. The van der Waals surface area contributed by atoms with Gasteiger partial charge >= 0.3 is 0 Å². The van der Waals surface area contributed by atoms with E-state index in [1.165, 1.54) is 21.9 Å². The molecule has 1 N–H and O–H groups in total. The second-order valence-corrected chi connectivity index (χ2v) is 7.90. The Kier molecular flexibility index (Phi) is 5.65. The second-order valence-electron chi connectivity index (χ2n) is 7.90. The molecule has 3 aromatic rings. The Morgan fingerprint density at radius 3 is 2.66 bits per heavy atom. The fourth-order valence-corrected chi connectivity index (χ4v) is 4.18. The van der Waals surface area contributed by atoms with E-state index in [2.05, 4.69) is 36.3 Å². The Morgan fingerprint density at radius 1 is 1.10 bits per heavy atom. The molecule has 1 aliphatic rings. The molecule has 0 radical (unpaired) electrons. The molecule has 5 nitrogen and oxygen atoms in total. The number of hydrogen-bond donors (Lipinski definition) is 1. The lowest BCUT2D eigenvalue weighted by atomic mass is 9.90. The highest BCUT2D eigenvalue weighted by molar-refractivity contribution is 5.92. The highest BCUT2D eigenvalue weighted by atomic mass is 16.2. The fourth-order valence-electron chi connectivity index (χ4n) is 4.18. The third kappa shape index (κ3) is 4.34. The van der Waals surface area contributed by atoms with Crippen LogP contribution in [0.2, 0.25) is 0 Å². The highest BCUT2D eigenvalue weighted by Gasteiger charge is 2.26. The average molecular weight is 389 g/mol. The minimum atomic E-state index is -0.215. The van der Waals surface area contributed by atoms with Gasteiger partial charge in [-0.3, -0.25) is 14.7 Å². The summed E-state index contributed by atoms with van der Waals surface area (Å²) in [6.45, 7) is 3.65. The molecule has 0 aliphatic carbocycles. The topological polar surface area (TPSA) is 58.1 Å². The molecule has 0 unspecified atom stereocenters. The van der Waals surface area contributed by atoms with E-state index >= 15 is 0 Å². The van der Waals surface area contributed by atoms with Crippen LogP contribution in [0.4, 0.5) is 0 Å². The zero-order chi connectivity index (χ0) is 20.2. The minimum Gasteiger partial charge on any atom is -0.337 e. The number of piperidine rings is 1. The Morgan fingerprint density at radius 2 is 1.86 bits per heavy atom. The molecular weight excluding hydrogens is 362 g/mol. The molecule has 150 valence electrons. The van der Waals surface area contributed by atoms with Crippen LogP contribution in [0, 0.1) is 12.8 Å². The van der Waals surface area contributed by atoms with Gasteiger partial charge in [-0.05, 0) is 61.8 Å². The van der Waals surface area contributed by atoms with Crippen molar-refractivity contribution < 1.29 is 4.79 Å². The number of hydrogen-bond acceptors (Lipinski definition) is 2. The van der Waals surface area contributed by atoms with Crippen molar-refractivity contribution in [1.82, 2.24) is 14.7 Å². The zero-order valence-electron chi connectivity index (χ0n) is 16.8. The summed E-state index contributed by atoms with van der Waals surface area (Å²) in [7, 11) is 0. The number of carbonyl (C=O) groups is 1. The first kappa shape index (κ1) is 19.2. The minimum absolute atomic E-state index is 0.0858. The van der Waals surface area contributed by atoms with Crippen molar-refractivity contribution in [2.45, 2.75) is 32.6 Å². The number of benzene rings is 2. The van der Waals surface area contributed by atoms with Crippen molar-refractivity contribution >= 4 is 5.91 Å². The van der Waals surface area contributed by atoms with Gasteiger partial charge in [0, 0.05) is 19.2 Å². The van der Waals surface area contributed by atoms with E-state index in [1.807, 2.05) is 35.2 Å². The second kappa shape index (κ2) is 8.52. The molecule has 4 rings (SSSR count). The first-order valence-electron chi connectivity index (χ1n) is 10.3. The first-order valence-corrected chi connectivity index (χ1v) is 10.3. The van der Waals surface area contributed by atoms with Gasteiger partial charge in [0.05, 0.1) is 5.69 Å². The van der Waals surface area contributed by atoms with E-state index in [1.54, 1.807) is 0 Å². The number of carbonyl (C=O) groups excluding carboxylic acids is 1. The molecule has 1 aromatic heterocycles. The van der Waals surface area contributed by atoms with Gasteiger partial charge < -0.3 is 4.90 Å². The van der Waals surface area contributed by atoms with Crippen LogP contribution in [0.1, 0.15) is 40.9 Å². The summed E-state index contributed by atoms with van der Waals surface area (Å²) in [5, 5.41) is 2.99. The fraction of sp³-hybridized carbons (Fsp3) is 0.333. The maximum atomic E-state index is 13.0. The summed E-state index contributed by atoms with van der Waals surface area (Å²) in [6.07, 6.45) is 4.28. The molecule has 0 bridgehead atoms. The van der Waals surface area contributed by atoms with Crippen molar-refractivity contribution in [3.05, 3.63) is 87.8 Å². The summed E-state index contributed by atoms with van der Waals surface area (Å²) >= 11 is 0. The molecule has 1 saturated heterocycles. The Hall–Kier alpha value is -3.08. The van der Waals surface area contributed by atoms with E-state index in [0.717, 1.165) is 44.5 Å². The van der Waals surface area contributed by atoms with Crippen molar-refractivity contribution in [2.75, 3.05) is 13.1 Å². The number of H-pyrrole nitrogens is 1. The number of likely N-dealkylation sites (tertiary alicyclic amines) is 1. The van der Waals surface area contributed by atoms with Gasteiger partial charge in [0.2, 0.25) is 0 Å². The quantitative estimate of drug-likeness (QED) is 0.718. The number of rotatable bonds is 5. The van der Waals surface area contributed by atoms with Gasteiger partial charge in [0.25, 0.3) is 11.5 Å². The van der Waals surface area contributed by atoms with Gasteiger partial charge in [-0.15, -0.1) is 0 Å². The molecule has 1 fully saturated rings. The van der Waals surface area contributed by atoms with E-state index in [9.17, 15) is 9.59 Å². The predicted octanol–water partition coefficient (Wildman–Crippen LogP) is 3.96. The summed E-state index contributed by atoms with van der Waals surface area (Å²) < 4.78 is 1.42. The predicted molar refractivity (Wildman–Crippen MR) is 115 cm³/mol. The standard InChI is InChI=1S/C24H27N3O2/c1-18-8-5-6-10-20(18)14-13-19-9-7-15-26(17-19)24(29)22-16-23(28)27(25-22)21-11-3-2-4-12-21/h2-6,8,10-12,16,19,25H,7,9,13-15,17H2,1H3/t19-/m0/s1. The van der Waals surface area contributed by atoms with Crippen LogP contribution < -0.4 is 5.56 Å².